The standard InChI is InChI=1S/C9H4BrF2NS2/c10-8-4-14-9(13-8)15-5-1-2-6(11)7(12)3-5/h1-4H. The Labute approximate surface area is 102 Å². The van der Waals surface area contributed by atoms with Gasteiger partial charge in [0.15, 0.2) is 16.0 Å². The van der Waals surface area contributed by atoms with Gasteiger partial charge >= 0.3 is 0 Å². The highest BCUT2D eigenvalue weighted by atomic mass is 79.9. The smallest absolute Gasteiger partial charge is 0.159 e. The predicted molar refractivity (Wildman–Crippen MR) is 60.3 cm³/mol. The lowest BCUT2D eigenvalue weighted by Crippen LogP contribution is -1.83. The Balaban J connectivity index is 2.21. The Hall–Kier alpha value is -0.460. The molecule has 2 rings (SSSR count). The largest absolute Gasteiger partial charge is 0.222 e. The molecule has 0 spiro atoms. The van der Waals surface area contributed by atoms with Crippen LogP contribution < -0.4 is 0 Å². The molecule has 0 aliphatic rings. The van der Waals surface area contributed by atoms with Crippen LogP contribution in [0.5, 0.6) is 0 Å². The van der Waals surface area contributed by atoms with Gasteiger partial charge in [-0.25, -0.2) is 13.8 Å². The van der Waals surface area contributed by atoms with Crippen molar-refractivity contribution >= 4 is 39.0 Å². The summed E-state index contributed by atoms with van der Waals surface area (Å²) in [7, 11) is 0. The third-order valence-electron chi connectivity index (χ3n) is 1.55. The van der Waals surface area contributed by atoms with Gasteiger partial charge in [0.05, 0.1) is 0 Å². The number of hydrogen-bond donors (Lipinski definition) is 0. The number of rotatable bonds is 2. The highest BCUT2D eigenvalue weighted by Gasteiger charge is 2.06. The van der Waals surface area contributed by atoms with Crippen molar-refractivity contribution in [3.05, 3.63) is 39.8 Å². The van der Waals surface area contributed by atoms with Crippen LogP contribution in [0.2, 0.25) is 0 Å². The molecule has 6 heteroatoms. The van der Waals surface area contributed by atoms with Crippen LogP contribution in [-0.2, 0) is 0 Å². The minimum atomic E-state index is -0.837. The van der Waals surface area contributed by atoms with Gasteiger partial charge in [-0.1, -0.05) is 11.8 Å². The monoisotopic (exact) mass is 307 g/mol. The highest BCUT2D eigenvalue weighted by Crippen LogP contribution is 2.32. The van der Waals surface area contributed by atoms with Gasteiger partial charge in [0, 0.05) is 10.3 Å². The van der Waals surface area contributed by atoms with Gasteiger partial charge < -0.3 is 0 Å². The van der Waals surface area contributed by atoms with E-state index in [0.29, 0.717) is 4.90 Å². The SMILES string of the molecule is Fc1ccc(Sc2nc(Br)cs2)cc1F. The third-order valence-corrected chi connectivity index (χ3v) is 4.19. The molecule has 0 aliphatic carbocycles. The number of hydrogen-bond acceptors (Lipinski definition) is 3. The lowest BCUT2D eigenvalue weighted by Gasteiger charge is -1.98. The van der Waals surface area contributed by atoms with Gasteiger partial charge in [0.1, 0.15) is 4.60 Å². The van der Waals surface area contributed by atoms with Crippen LogP contribution in [0.4, 0.5) is 8.78 Å². The van der Waals surface area contributed by atoms with Crippen LogP contribution in [0, 0.1) is 11.6 Å². The fraction of sp³-hybridized carbons (Fsp3) is 0. The van der Waals surface area contributed by atoms with Crippen molar-refractivity contribution in [3.63, 3.8) is 0 Å². The summed E-state index contributed by atoms with van der Waals surface area (Å²) in [5.74, 6) is -1.67. The molecular formula is C9H4BrF2NS2. The zero-order valence-corrected chi connectivity index (χ0v) is 10.4. The van der Waals surface area contributed by atoms with Crippen LogP contribution in [0.3, 0.4) is 0 Å². The molecule has 78 valence electrons. The molecule has 1 nitrogen and oxygen atoms in total. The van der Waals surface area contributed by atoms with Gasteiger partial charge in [0.25, 0.3) is 0 Å². The normalized spacial score (nSPS) is 10.6. The molecule has 0 bridgehead atoms. The average Bonchev–Trinajstić information content (AvgIpc) is 2.58. The zero-order chi connectivity index (χ0) is 10.8. The molecule has 15 heavy (non-hydrogen) atoms. The molecule has 0 saturated heterocycles. The quantitative estimate of drug-likeness (QED) is 0.819. The molecule has 1 aromatic heterocycles. The first-order chi connectivity index (χ1) is 7.15. The summed E-state index contributed by atoms with van der Waals surface area (Å²) < 4.78 is 27.0. The lowest BCUT2D eigenvalue weighted by atomic mass is 10.3. The van der Waals surface area contributed by atoms with Crippen molar-refractivity contribution in [2.45, 2.75) is 9.24 Å². The van der Waals surface area contributed by atoms with Crippen LogP contribution >= 0.6 is 39.0 Å². The second kappa shape index (κ2) is 4.59. The average molecular weight is 308 g/mol. The van der Waals surface area contributed by atoms with Crippen LogP contribution in [0.15, 0.2) is 37.4 Å². The van der Waals surface area contributed by atoms with Crippen LogP contribution in [0.25, 0.3) is 0 Å². The number of aromatic nitrogens is 1. The Morgan fingerprint density at radius 2 is 2.07 bits per heavy atom. The Kier molecular flexibility index (Phi) is 3.38. The number of thiazole rings is 1. The van der Waals surface area contributed by atoms with Crippen LogP contribution in [0.1, 0.15) is 0 Å². The van der Waals surface area contributed by atoms with E-state index in [4.69, 9.17) is 0 Å². The van der Waals surface area contributed by atoms with E-state index in [2.05, 4.69) is 20.9 Å². The van der Waals surface area contributed by atoms with Gasteiger partial charge in [-0.2, -0.15) is 0 Å². The minimum Gasteiger partial charge on any atom is -0.222 e. The summed E-state index contributed by atoms with van der Waals surface area (Å²) in [6.45, 7) is 0. The highest BCUT2D eigenvalue weighted by molar-refractivity contribution is 9.10. The molecular weight excluding hydrogens is 304 g/mol. The minimum absolute atomic E-state index is 0.635. The van der Waals surface area contributed by atoms with E-state index < -0.39 is 11.6 Å². The van der Waals surface area contributed by atoms with Crippen LogP contribution in [-0.4, -0.2) is 4.98 Å². The summed E-state index contributed by atoms with van der Waals surface area (Å²) in [6, 6.07) is 3.80. The molecule has 0 N–H and O–H groups in total. The first-order valence-corrected chi connectivity index (χ1v) is 6.38. The second-order valence-electron chi connectivity index (χ2n) is 2.61. The maximum absolute atomic E-state index is 12.9. The van der Waals surface area contributed by atoms with Crippen molar-refractivity contribution in [2.75, 3.05) is 0 Å². The first kappa shape index (κ1) is 11.0. The third kappa shape index (κ3) is 2.76. The van der Waals surface area contributed by atoms with Crippen molar-refractivity contribution in [1.82, 2.24) is 4.98 Å². The van der Waals surface area contributed by atoms with Gasteiger partial charge in [-0.15, -0.1) is 11.3 Å². The molecule has 0 atom stereocenters. The molecule has 0 saturated carbocycles. The topological polar surface area (TPSA) is 12.9 Å². The van der Waals surface area contributed by atoms with E-state index in [9.17, 15) is 8.78 Å². The molecule has 0 amide bonds. The van der Waals surface area contributed by atoms with E-state index >= 15 is 0 Å². The summed E-state index contributed by atoms with van der Waals surface area (Å²) in [5.41, 5.74) is 0. The molecule has 0 aliphatic heterocycles. The fourth-order valence-electron chi connectivity index (χ4n) is 0.927. The Morgan fingerprint density at radius 3 is 2.67 bits per heavy atom. The van der Waals surface area contributed by atoms with E-state index in [1.807, 2.05) is 5.38 Å². The van der Waals surface area contributed by atoms with Crippen molar-refractivity contribution < 1.29 is 8.78 Å². The van der Waals surface area contributed by atoms with Gasteiger partial charge in [-0.05, 0) is 34.1 Å². The summed E-state index contributed by atoms with van der Waals surface area (Å²) in [6.07, 6.45) is 0. The van der Waals surface area contributed by atoms with E-state index in [-0.39, 0.29) is 0 Å². The van der Waals surface area contributed by atoms with E-state index in [1.54, 1.807) is 0 Å². The van der Waals surface area contributed by atoms with Crippen molar-refractivity contribution in [3.8, 4) is 0 Å². The maximum Gasteiger partial charge on any atom is 0.159 e. The maximum atomic E-state index is 12.9. The summed E-state index contributed by atoms with van der Waals surface area (Å²) in [5, 5.41) is 1.84. The first-order valence-electron chi connectivity index (χ1n) is 3.89. The predicted octanol–water partition coefficient (Wildman–Crippen LogP) is 4.34. The van der Waals surface area contributed by atoms with E-state index in [0.717, 1.165) is 21.1 Å². The molecule has 0 fully saturated rings. The number of nitrogens with zero attached hydrogens (tertiary/aromatic N) is 1. The van der Waals surface area contributed by atoms with Crippen molar-refractivity contribution in [1.29, 1.82) is 0 Å². The zero-order valence-electron chi connectivity index (χ0n) is 7.21. The fourth-order valence-corrected chi connectivity index (χ4v) is 3.29. The Bertz CT molecular complexity index is 487. The number of benzene rings is 1. The summed E-state index contributed by atoms with van der Waals surface area (Å²) in [4.78, 5) is 4.77. The second-order valence-corrected chi connectivity index (χ2v) is 5.61. The molecule has 0 unspecified atom stereocenters. The molecule has 1 aromatic carbocycles. The van der Waals surface area contributed by atoms with Gasteiger partial charge in [0.2, 0.25) is 0 Å². The summed E-state index contributed by atoms with van der Waals surface area (Å²) >= 11 is 5.97. The molecule has 0 radical (unpaired) electrons. The van der Waals surface area contributed by atoms with Gasteiger partial charge in [-0.3, -0.25) is 0 Å². The van der Waals surface area contributed by atoms with E-state index in [1.165, 1.54) is 29.2 Å². The lowest BCUT2D eigenvalue weighted by molar-refractivity contribution is 0.506. The molecule has 2 aromatic rings. The number of halogens is 3. The molecule has 1 heterocycles. The Morgan fingerprint density at radius 1 is 1.27 bits per heavy atom. The van der Waals surface area contributed by atoms with Crippen molar-refractivity contribution in [2.24, 2.45) is 0 Å².